The molecule has 1 aromatic heterocycles. The van der Waals surface area contributed by atoms with Gasteiger partial charge in [0.15, 0.2) is 0 Å². The standard InChI is InChI=1S/C21H28FNO/c1-3-5-6-7-8-14-24-18-11-12-19(20(22)15-18)21-13-10-17(9-4-2)16-23-21/h10-13,15-16H,3-9,14H2,1-2H3. The summed E-state index contributed by atoms with van der Waals surface area (Å²) in [5.74, 6) is 0.309. The highest BCUT2D eigenvalue weighted by molar-refractivity contribution is 5.61. The molecule has 0 unspecified atom stereocenters. The van der Waals surface area contributed by atoms with Gasteiger partial charge in [-0.3, -0.25) is 4.98 Å². The first-order valence-corrected chi connectivity index (χ1v) is 9.12. The molecule has 0 amide bonds. The van der Waals surface area contributed by atoms with Gasteiger partial charge in [-0.05, 0) is 36.6 Å². The lowest BCUT2D eigenvalue weighted by atomic mass is 10.1. The van der Waals surface area contributed by atoms with E-state index in [0.717, 1.165) is 19.3 Å². The van der Waals surface area contributed by atoms with Crippen molar-refractivity contribution in [2.24, 2.45) is 0 Å². The van der Waals surface area contributed by atoms with E-state index in [2.05, 4.69) is 18.8 Å². The first-order valence-electron chi connectivity index (χ1n) is 9.12. The fraction of sp³-hybridized carbons (Fsp3) is 0.476. The molecule has 0 fully saturated rings. The summed E-state index contributed by atoms with van der Waals surface area (Å²) in [6.45, 7) is 4.98. The molecular weight excluding hydrogens is 301 g/mol. The van der Waals surface area contributed by atoms with Crippen molar-refractivity contribution in [3.05, 3.63) is 47.9 Å². The molecule has 24 heavy (non-hydrogen) atoms. The van der Waals surface area contributed by atoms with Crippen LogP contribution in [0, 0.1) is 5.82 Å². The number of aryl methyl sites for hydroxylation is 1. The van der Waals surface area contributed by atoms with Crippen molar-refractivity contribution < 1.29 is 9.13 Å². The second kappa shape index (κ2) is 10.1. The van der Waals surface area contributed by atoms with E-state index in [0.29, 0.717) is 23.6 Å². The molecule has 2 rings (SSSR count). The number of hydrogen-bond donors (Lipinski definition) is 0. The largest absolute Gasteiger partial charge is 0.493 e. The molecule has 3 heteroatoms. The molecule has 1 aromatic carbocycles. The molecule has 0 atom stereocenters. The summed E-state index contributed by atoms with van der Waals surface area (Å²) in [6, 6.07) is 8.95. The number of ether oxygens (including phenoxy) is 1. The van der Waals surface area contributed by atoms with Gasteiger partial charge in [-0.2, -0.15) is 0 Å². The highest BCUT2D eigenvalue weighted by Gasteiger charge is 2.08. The van der Waals surface area contributed by atoms with Gasteiger partial charge in [0, 0.05) is 17.8 Å². The van der Waals surface area contributed by atoms with Crippen LogP contribution in [-0.4, -0.2) is 11.6 Å². The van der Waals surface area contributed by atoms with Crippen molar-refractivity contribution in [1.29, 1.82) is 0 Å². The minimum atomic E-state index is -0.283. The summed E-state index contributed by atoms with van der Waals surface area (Å²) in [4.78, 5) is 4.38. The lowest BCUT2D eigenvalue weighted by Gasteiger charge is -2.09. The van der Waals surface area contributed by atoms with Crippen molar-refractivity contribution in [1.82, 2.24) is 4.98 Å². The molecule has 2 nitrogen and oxygen atoms in total. The van der Waals surface area contributed by atoms with E-state index in [1.165, 1.54) is 37.3 Å². The minimum absolute atomic E-state index is 0.283. The van der Waals surface area contributed by atoms with E-state index in [1.807, 2.05) is 24.4 Å². The van der Waals surface area contributed by atoms with Gasteiger partial charge in [0.05, 0.1) is 12.3 Å². The molecule has 2 aromatic rings. The third-order valence-corrected chi connectivity index (χ3v) is 4.10. The topological polar surface area (TPSA) is 22.1 Å². The summed E-state index contributed by atoms with van der Waals surface area (Å²) in [7, 11) is 0. The Balaban J connectivity index is 1.91. The average Bonchev–Trinajstić information content (AvgIpc) is 2.59. The number of halogens is 1. The fourth-order valence-electron chi connectivity index (χ4n) is 2.71. The van der Waals surface area contributed by atoms with Crippen molar-refractivity contribution in [2.45, 2.75) is 58.8 Å². The van der Waals surface area contributed by atoms with Crippen LogP contribution in [0.3, 0.4) is 0 Å². The Morgan fingerprint density at radius 2 is 1.79 bits per heavy atom. The van der Waals surface area contributed by atoms with Gasteiger partial charge in [-0.15, -0.1) is 0 Å². The number of pyridine rings is 1. The summed E-state index contributed by atoms with van der Waals surface area (Å²) in [6.07, 6.45) is 9.85. The Morgan fingerprint density at radius 3 is 2.46 bits per heavy atom. The maximum absolute atomic E-state index is 14.3. The van der Waals surface area contributed by atoms with E-state index >= 15 is 0 Å². The number of unbranched alkanes of at least 4 members (excludes halogenated alkanes) is 4. The van der Waals surface area contributed by atoms with Gasteiger partial charge in [0.2, 0.25) is 0 Å². The number of aromatic nitrogens is 1. The van der Waals surface area contributed by atoms with Crippen LogP contribution in [-0.2, 0) is 6.42 Å². The van der Waals surface area contributed by atoms with Crippen LogP contribution in [0.15, 0.2) is 36.5 Å². The quantitative estimate of drug-likeness (QED) is 0.485. The Morgan fingerprint density at radius 1 is 0.958 bits per heavy atom. The molecule has 0 saturated heterocycles. The van der Waals surface area contributed by atoms with E-state index in [9.17, 15) is 4.39 Å². The molecule has 0 aliphatic heterocycles. The third-order valence-electron chi connectivity index (χ3n) is 4.10. The molecule has 0 N–H and O–H groups in total. The maximum atomic E-state index is 14.3. The van der Waals surface area contributed by atoms with E-state index in [-0.39, 0.29) is 5.82 Å². The maximum Gasteiger partial charge on any atom is 0.136 e. The predicted octanol–water partition coefficient (Wildman–Crippen LogP) is 6.19. The van der Waals surface area contributed by atoms with Crippen LogP contribution in [0.2, 0.25) is 0 Å². The minimum Gasteiger partial charge on any atom is -0.493 e. The summed E-state index contributed by atoms with van der Waals surface area (Å²) in [5.41, 5.74) is 2.37. The lowest BCUT2D eigenvalue weighted by molar-refractivity contribution is 0.303. The zero-order chi connectivity index (χ0) is 17.2. The van der Waals surface area contributed by atoms with Gasteiger partial charge >= 0.3 is 0 Å². The van der Waals surface area contributed by atoms with Gasteiger partial charge < -0.3 is 4.74 Å². The fourth-order valence-corrected chi connectivity index (χ4v) is 2.71. The predicted molar refractivity (Wildman–Crippen MR) is 97.9 cm³/mol. The highest BCUT2D eigenvalue weighted by atomic mass is 19.1. The van der Waals surface area contributed by atoms with Crippen molar-refractivity contribution in [3.63, 3.8) is 0 Å². The summed E-state index contributed by atoms with van der Waals surface area (Å²) < 4.78 is 20.0. The highest BCUT2D eigenvalue weighted by Crippen LogP contribution is 2.25. The lowest BCUT2D eigenvalue weighted by Crippen LogP contribution is -1.98. The number of rotatable bonds is 10. The molecule has 0 bridgehead atoms. The van der Waals surface area contributed by atoms with Gasteiger partial charge in [-0.1, -0.05) is 52.0 Å². The molecule has 0 saturated carbocycles. The molecule has 1 heterocycles. The Labute approximate surface area is 145 Å². The first kappa shape index (κ1) is 18.4. The van der Waals surface area contributed by atoms with Crippen LogP contribution in [0.25, 0.3) is 11.3 Å². The Kier molecular flexibility index (Phi) is 7.73. The van der Waals surface area contributed by atoms with Crippen LogP contribution in [0.1, 0.15) is 57.9 Å². The normalized spacial score (nSPS) is 10.8. The Bertz CT molecular complexity index is 610. The first-order chi connectivity index (χ1) is 11.7. The Hall–Kier alpha value is -1.90. The zero-order valence-electron chi connectivity index (χ0n) is 14.9. The number of hydrogen-bond acceptors (Lipinski definition) is 2. The SMILES string of the molecule is CCCCCCCOc1ccc(-c2ccc(CCC)cn2)c(F)c1. The van der Waals surface area contributed by atoms with Crippen molar-refractivity contribution >= 4 is 0 Å². The molecular formula is C21H28FNO. The molecule has 0 aliphatic rings. The van der Waals surface area contributed by atoms with Gasteiger partial charge in [-0.25, -0.2) is 4.39 Å². The van der Waals surface area contributed by atoms with E-state index in [1.54, 1.807) is 6.07 Å². The van der Waals surface area contributed by atoms with Gasteiger partial charge in [0.1, 0.15) is 11.6 Å². The van der Waals surface area contributed by atoms with Crippen LogP contribution in [0.5, 0.6) is 5.75 Å². The molecule has 0 radical (unpaired) electrons. The van der Waals surface area contributed by atoms with Gasteiger partial charge in [0.25, 0.3) is 0 Å². The van der Waals surface area contributed by atoms with Crippen molar-refractivity contribution in [3.8, 4) is 17.0 Å². The van der Waals surface area contributed by atoms with Crippen LogP contribution >= 0.6 is 0 Å². The number of nitrogens with zero attached hydrogens (tertiary/aromatic N) is 1. The second-order valence-electron chi connectivity index (χ2n) is 6.21. The summed E-state index contributed by atoms with van der Waals surface area (Å²) in [5, 5.41) is 0. The smallest absolute Gasteiger partial charge is 0.136 e. The van der Waals surface area contributed by atoms with Crippen LogP contribution in [0.4, 0.5) is 4.39 Å². The van der Waals surface area contributed by atoms with Crippen LogP contribution < -0.4 is 4.74 Å². The average molecular weight is 329 g/mol. The summed E-state index contributed by atoms with van der Waals surface area (Å²) >= 11 is 0. The third kappa shape index (κ3) is 5.63. The van der Waals surface area contributed by atoms with E-state index < -0.39 is 0 Å². The van der Waals surface area contributed by atoms with Crippen molar-refractivity contribution in [2.75, 3.05) is 6.61 Å². The monoisotopic (exact) mass is 329 g/mol. The molecule has 0 spiro atoms. The zero-order valence-corrected chi connectivity index (χ0v) is 14.9. The molecule has 0 aliphatic carbocycles. The number of benzene rings is 1. The molecule has 130 valence electrons. The van der Waals surface area contributed by atoms with E-state index in [4.69, 9.17) is 4.74 Å². The second-order valence-corrected chi connectivity index (χ2v) is 6.21.